The fourth-order valence-electron chi connectivity index (χ4n) is 2.67. The Hall–Kier alpha value is -1.56. The first-order chi connectivity index (χ1) is 9.24. The molecule has 0 amide bonds. The molecular weight excluding hydrogens is 244 g/mol. The fourth-order valence-corrected chi connectivity index (χ4v) is 2.67. The molecule has 0 aliphatic heterocycles. The van der Waals surface area contributed by atoms with E-state index in [4.69, 9.17) is 10.5 Å². The molecule has 106 valence electrons. The summed E-state index contributed by atoms with van der Waals surface area (Å²) in [4.78, 5) is 10.4. The average molecular weight is 266 g/mol. The first-order valence-electron chi connectivity index (χ1n) is 6.80. The zero-order valence-corrected chi connectivity index (χ0v) is 11.4. The van der Waals surface area contributed by atoms with E-state index in [1.54, 1.807) is 13.2 Å². The van der Waals surface area contributed by atoms with Gasteiger partial charge in [-0.1, -0.05) is 19.3 Å². The van der Waals surface area contributed by atoms with E-state index in [2.05, 4.69) is 14.9 Å². The number of hydrogen-bond acceptors (Lipinski definition) is 6. The minimum absolute atomic E-state index is 0.0999. The van der Waals surface area contributed by atoms with Gasteiger partial charge in [-0.25, -0.2) is 0 Å². The maximum absolute atomic E-state index is 9.28. The van der Waals surface area contributed by atoms with Crippen molar-refractivity contribution in [2.75, 3.05) is 30.9 Å². The highest BCUT2D eigenvalue weighted by molar-refractivity contribution is 5.46. The van der Waals surface area contributed by atoms with Gasteiger partial charge in [-0.05, 0) is 12.8 Å². The van der Waals surface area contributed by atoms with Crippen molar-refractivity contribution in [2.24, 2.45) is 0 Å². The summed E-state index contributed by atoms with van der Waals surface area (Å²) in [7, 11) is 1.56. The largest absolute Gasteiger partial charge is 0.481 e. The summed E-state index contributed by atoms with van der Waals surface area (Å²) in [5.74, 6) is 1.40. The number of aliphatic hydroxyl groups excluding tert-OH is 1. The lowest BCUT2D eigenvalue weighted by molar-refractivity contribution is 0.289. The number of nitrogens with zero attached hydrogens (tertiary/aromatic N) is 3. The fraction of sp³-hybridized carbons (Fsp3) is 0.692. The second kappa shape index (κ2) is 6.56. The summed E-state index contributed by atoms with van der Waals surface area (Å²) in [5, 5.41) is 9.28. The maximum Gasteiger partial charge on any atom is 0.225 e. The molecule has 0 radical (unpaired) electrons. The molecule has 6 heteroatoms. The van der Waals surface area contributed by atoms with Crippen LogP contribution in [-0.4, -0.2) is 41.4 Å². The summed E-state index contributed by atoms with van der Waals surface area (Å²) in [6.07, 6.45) is 6.01. The van der Waals surface area contributed by atoms with Gasteiger partial charge in [0.15, 0.2) is 0 Å². The van der Waals surface area contributed by atoms with Crippen LogP contribution in [0.4, 0.5) is 11.8 Å². The van der Waals surface area contributed by atoms with Gasteiger partial charge in [0, 0.05) is 18.7 Å². The van der Waals surface area contributed by atoms with Crippen LogP contribution >= 0.6 is 0 Å². The quantitative estimate of drug-likeness (QED) is 0.833. The van der Waals surface area contributed by atoms with Gasteiger partial charge in [0.2, 0.25) is 11.8 Å². The molecule has 1 aliphatic carbocycles. The monoisotopic (exact) mass is 266 g/mol. The number of hydrogen-bond donors (Lipinski definition) is 2. The van der Waals surface area contributed by atoms with E-state index in [1.807, 2.05) is 0 Å². The van der Waals surface area contributed by atoms with Crippen LogP contribution in [0.5, 0.6) is 5.88 Å². The Balaban J connectivity index is 2.24. The van der Waals surface area contributed by atoms with E-state index in [-0.39, 0.29) is 12.6 Å². The number of anilines is 2. The summed E-state index contributed by atoms with van der Waals surface area (Å²) < 4.78 is 5.13. The summed E-state index contributed by atoms with van der Waals surface area (Å²) in [6, 6.07) is 2.19. The van der Waals surface area contributed by atoms with E-state index < -0.39 is 0 Å². The second-order valence-electron chi connectivity index (χ2n) is 4.84. The Morgan fingerprint density at radius 2 is 2.11 bits per heavy atom. The van der Waals surface area contributed by atoms with Gasteiger partial charge >= 0.3 is 0 Å². The molecule has 1 aliphatic rings. The molecule has 3 N–H and O–H groups in total. The highest BCUT2D eigenvalue weighted by Gasteiger charge is 2.22. The Morgan fingerprint density at radius 3 is 2.74 bits per heavy atom. The lowest BCUT2D eigenvalue weighted by atomic mass is 9.94. The molecule has 0 aromatic carbocycles. The maximum atomic E-state index is 9.28. The van der Waals surface area contributed by atoms with Crippen LogP contribution in [0.2, 0.25) is 0 Å². The van der Waals surface area contributed by atoms with Gasteiger partial charge in [0.25, 0.3) is 0 Å². The van der Waals surface area contributed by atoms with Crippen LogP contribution in [0.25, 0.3) is 0 Å². The number of ether oxygens (including phenoxy) is 1. The minimum Gasteiger partial charge on any atom is -0.481 e. The van der Waals surface area contributed by atoms with Crippen LogP contribution in [-0.2, 0) is 0 Å². The van der Waals surface area contributed by atoms with Gasteiger partial charge in [0.1, 0.15) is 5.82 Å². The molecule has 0 saturated heterocycles. The van der Waals surface area contributed by atoms with Gasteiger partial charge in [-0.2, -0.15) is 9.97 Å². The van der Waals surface area contributed by atoms with Crippen molar-refractivity contribution in [3.05, 3.63) is 6.07 Å². The Morgan fingerprint density at radius 1 is 1.37 bits per heavy atom. The molecule has 1 aromatic heterocycles. The van der Waals surface area contributed by atoms with Crippen molar-refractivity contribution in [3.8, 4) is 5.88 Å². The number of nitrogens with two attached hydrogens (primary N) is 1. The van der Waals surface area contributed by atoms with Crippen molar-refractivity contribution in [1.29, 1.82) is 0 Å². The normalized spacial score (nSPS) is 16.3. The van der Waals surface area contributed by atoms with Gasteiger partial charge < -0.3 is 20.5 Å². The molecule has 2 rings (SSSR count). The third kappa shape index (κ3) is 3.47. The zero-order chi connectivity index (χ0) is 13.7. The SMILES string of the molecule is COc1cc(N(CCO)C2CCCCC2)nc(N)n1. The summed E-state index contributed by atoms with van der Waals surface area (Å²) in [5.41, 5.74) is 5.71. The highest BCUT2D eigenvalue weighted by atomic mass is 16.5. The third-order valence-corrected chi connectivity index (χ3v) is 3.57. The van der Waals surface area contributed by atoms with Crippen LogP contribution in [0.1, 0.15) is 32.1 Å². The summed E-state index contributed by atoms with van der Waals surface area (Å²) >= 11 is 0. The Kier molecular flexibility index (Phi) is 4.79. The van der Waals surface area contributed by atoms with Crippen molar-refractivity contribution in [1.82, 2.24) is 9.97 Å². The molecule has 1 aromatic rings. The lowest BCUT2D eigenvalue weighted by Crippen LogP contribution is -2.39. The molecule has 0 unspecified atom stereocenters. The topological polar surface area (TPSA) is 84.5 Å². The average Bonchev–Trinajstić information content (AvgIpc) is 2.45. The first kappa shape index (κ1) is 13.9. The molecule has 19 heavy (non-hydrogen) atoms. The van der Waals surface area contributed by atoms with E-state index in [1.165, 1.54) is 19.3 Å². The molecule has 0 spiro atoms. The van der Waals surface area contributed by atoms with Gasteiger partial charge in [-0.15, -0.1) is 0 Å². The van der Waals surface area contributed by atoms with Crippen molar-refractivity contribution in [2.45, 2.75) is 38.1 Å². The number of aliphatic hydroxyl groups is 1. The van der Waals surface area contributed by atoms with Gasteiger partial charge in [-0.3, -0.25) is 0 Å². The van der Waals surface area contributed by atoms with Crippen LogP contribution in [0.3, 0.4) is 0 Å². The Labute approximate surface area is 113 Å². The standard InChI is InChI=1S/C13H22N4O2/c1-19-12-9-11(15-13(14)16-12)17(7-8-18)10-5-3-2-4-6-10/h9-10,18H,2-8H2,1H3,(H2,14,15,16). The molecule has 1 saturated carbocycles. The molecule has 1 fully saturated rings. The summed E-state index contributed by atoms with van der Waals surface area (Å²) in [6.45, 7) is 0.660. The lowest BCUT2D eigenvalue weighted by Gasteiger charge is -2.35. The number of aromatic nitrogens is 2. The van der Waals surface area contributed by atoms with Crippen LogP contribution in [0.15, 0.2) is 6.07 Å². The van der Waals surface area contributed by atoms with E-state index in [0.29, 0.717) is 18.5 Å². The predicted molar refractivity (Wildman–Crippen MR) is 74.3 cm³/mol. The number of nitrogen functional groups attached to an aromatic ring is 1. The van der Waals surface area contributed by atoms with Crippen molar-refractivity contribution in [3.63, 3.8) is 0 Å². The molecule has 0 bridgehead atoms. The third-order valence-electron chi connectivity index (χ3n) is 3.57. The zero-order valence-electron chi connectivity index (χ0n) is 11.4. The molecule has 1 heterocycles. The minimum atomic E-state index is 0.0999. The van der Waals surface area contributed by atoms with Crippen LogP contribution < -0.4 is 15.4 Å². The van der Waals surface area contributed by atoms with E-state index in [0.717, 1.165) is 18.7 Å². The number of methoxy groups -OCH3 is 1. The second-order valence-corrected chi connectivity index (χ2v) is 4.84. The molecule has 0 atom stereocenters. The molecular formula is C13H22N4O2. The number of rotatable bonds is 5. The molecule has 6 nitrogen and oxygen atoms in total. The van der Waals surface area contributed by atoms with Gasteiger partial charge in [0.05, 0.1) is 13.7 Å². The van der Waals surface area contributed by atoms with Crippen molar-refractivity contribution >= 4 is 11.8 Å². The predicted octanol–water partition coefficient (Wildman–Crippen LogP) is 1.20. The van der Waals surface area contributed by atoms with Crippen molar-refractivity contribution < 1.29 is 9.84 Å². The first-order valence-corrected chi connectivity index (χ1v) is 6.80. The highest BCUT2D eigenvalue weighted by Crippen LogP contribution is 2.27. The van der Waals surface area contributed by atoms with E-state index in [9.17, 15) is 5.11 Å². The van der Waals surface area contributed by atoms with E-state index >= 15 is 0 Å². The smallest absolute Gasteiger partial charge is 0.225 e. The van der Waals surface area contributed by atoms with Crippen LogP contribution in [0, 0.1) is 0 Å². The Bertz CT molecular complexity index is 408.